The first-order chi connectivity index (χ1) is 9.44. The molecule has 6 nitrogen and oxygen atoms in total. The summed E-state index contributed by atoms with van der Waals surface area (Å²) in [5.41, 5.74) is 5.73. The molecule has 1 aromatic rings. The van der Waals surface area contributed by atoms with Crippen molar-refractivity contribution >= 4 is 21.4 Å². The zero-order valence-electron chi connectivity index (χ0n) is 11.4. The number of nitrogens with two attached hydrogens (primary N) is 1. The van der Waals surface area contributed by atoms with Crippen LogP contribution in [0.3, 0.4) is 0 Å². The minimum Gasteiger partial charge on any atom is -0.396 e. The molecule has 0 bridgehead atoms. The molecule has 1 aliphatic rings. The summed E-state index contributed by atoms with van der Waals surface area (Å²) in [4.78, 5) is 17.7. The van der Waals surface area contributed by atoms with Crippen LogP contribution in [0.5, 0.6) is 0 Å². The number of carbonyl (C=O) groups excluding carboxylic acids is 1. The van der Waals surface area contributed by atoms with Gasteiger partial charge in [-0.05, 0) is 32.3 Å². The number of aromatic nitrogens is 1. The second kappa shape index (κ2) is 5.78. The second-order valence-corrected chi connectivity index (χ2v) is 7.22. The lowest BCUT2D eigenvalue weighted by molar-refractivity contribution is -0.131. The monoisotopic (exact) mass is 297 g/mol. The van der Waals surface area contributed by atoms with Gasteiger partial charge in [0.2, 0.25) is 5.91 Å². The van der Waals surface area contributed by atoms with Crippen molar-refractivity contribution in [3.05, 3.63) is 18.5 Å². The highest BCUT2D eigenvalue weighted by atomic mass is 32.2. The molecule has 2 rings (SSSR count). The van der Waals surface area contributed by atoms with Crippen LogP contribution in [-0.2, 0) is 14.6 Å². The predicted octanol–water partition coefficient (Wildman–Crippen LogP) is 0.839. The van der Waals surface area contributed by atoms with Crippen LogP contribution in [0, 0.1) is 0 Å². The standard InChI is InChI=1S/C13H19N3O3S/c1-10(13(17)16-7-3-2-4-8-16)20(18,19)12-5-6-15-9-11(12)14/h5-6,9-10H,2-4,7-8,14H2,1H3. The van der Waals surface area contributed by atoms with Gasteiger partial charge in [-0.3, -0.25) is 9.78 Å². The molecule has 0 saturated carbocycles. The molecule has 110 valence electrons. The number of pyridine rings is 1. The quantitative estimate of drug-likeness (QED) is 0.892. The number of hydrogen-bond donors (Lipinski definition) is 1. The van der Waals surface area contributed by atoms with Crippen molar-refractivity contribution in [1.82, 2.24) is 9.88 Å². The molecule has 0 aromatic carbocycles. The number of piperidine rings is 1. The van der Waals surface area contributed by atoms with Gasteiger partial charge in [-0.25, -0.2) is 8.42 Å². The Morgan fingerprint density at radius 3 is 2.60 bits per heavy atom. The van der Waals surface area contributed by atoms with Crippen LogP contribution in [0.25, 0.3) is 0 Å². The van der Waals surface area contributed by atoms with Crippen molar-refractivity contribution in [2.45, 2.75) is 36.3 Å². The fourth-order valence-electron chi connectivity index (χ4n) is 2.35. The molecule has 1 fully saturated rings. The van der Waals surface area contributed by atoms with Crippen molar-refractivity contribution in [2.75, 3.05) is 18.8 Å². The van der Waals surface area contributed by atoms with Crippen LogP contribution in [0.15, 0.2) is 23.4 Å². The minimum absolute atomic E-state index is 0.0228. The summed E-state index contributed by atoms with van der Waals surface area (Å²) < 4.78 is 25.0. The highest BCUT2D eigenvalue weighted by Gasteiger charge is 2.34. The first-order valence-corrected chi connectivity index (χ1v) is 8.21. The Morgan fingerprint density at radius 2 is 2.00 bits per heavy atom. The molecular formula is C13H19N3O3S. The second-order valence-electron chi connectivity index (χ2n) is 4.99. The molecule has 0 aliphatic carbocycles. The molecule has 1 saturated heterocycles. The number of anilines is 1. The largest absolute Gasteiger partial charge is 0.396 e. The lowest BCUT2D eigenvalue weighted by Gasteiger charge is -2.29. The SMILES string of the molecule is CC(C(=O)N1CCCCC1)S(=O)(=O)c1ccncc1N. The van der Waals surface area contributed by atoms with Gasteiger partial charge in [0.1, 0.15) is 5.25 Å². The van der Waals surface area contributed by atoms with Crippen LogP contribution < -0.4 is 5.73 Å². The molecule has 1 unspecified atom stereocenters. The zero-order valence-corrected chi connectivity index (χ0v) is 12.3. The van der Waals surface area contributed by atoms with Gasteiger partial charge in [-0.15, -0.1) is 0 Å². The number of amides is 1. The van der Waals surface area contributed by atoms with E-state index in [0.717, 1.165) is 19.3 Å². The maximum absolute atomic E-state index is 12.5. The van der Waals surface area contributed by atoms with E-state index >= 15 is 0 Å². The van der Waals surface area contributed by atoms with Crippen molar-refractivity contribution in [3.8, 4) is 0 Å². The van der Waals surface area contributed by atoms with E-state index in [1.165, 1.54) is 25.4 Å². The van der Waals surface area contributed by atoms with E-state index in [4.69, 9.17) is 5.73 Å². The zero-order chi connectivity index (χ0) is 14.8. The summed E-state index contributed by atoms with van der Waals surface area (Å²) >= 11 is 0. The van der Waals surface area contributed by atoms with E-state index in [-0.39, 0.29) is 16.5 Å². The third-order valence-corrected chi connectivity index (χ3v) is 5.71. The molecule has 0 spiro atoms. The molecule has 2 heterocycles. The molecular weight excluding hydrogens is 278 g/mol. The minimum atomic E-state index is -3.77. The van der Waals surface area contributed by atoms with Crippen LogP contribution in [0.2, 0.25) is 0 Å². The van der Waals surface area contributed by atoms with E-state index in [9.17, 15) is 13.2 Å². The molecule has 1 aromatic heterocycles. The molecule has 2 N–H and O–H groups in total. The van der Waals surface area contributed by atoms with Gasteiger partial charge in [-0.1, -0.05) is 0 Å². The van der Waals surface area contributed by atoms with Gasteiger partial charge in [0, 0.05) is 19.3 Å². The first kappa shape index (κ1) is 14.8. The summed E-state index contributed by atoms with van der Waals surface area (Å²) in [5, 5.41) is -1.12. The van der Waals surface area contributed by atoms with Crippen LogP contribution >= 0.6 is 0 Å². The van der Waals surface area contributed by atoms with E-state index < -0.39 is 15.1 Å². The van der Waals surface area contributed by atoms with Crippen molar-refractivity contribution in [2.24, 2.45) is 0 Å². The lowest BCUT2D eigenvalue weighted by atomic mass is 10.1. The first-order valence-electron chi connectivity index (χ1n) is 6.67. The van der Waals surface area contributed by atoms with Gasteiger partial charge < -0.3 is 10.6 Å². The Morgan fingerprint density at radius 1 is 1.35 bits per heavy atom. The normalized spacial score (nSPS) is 17.8. The summed E-state index contributed by atoms with van der Waals surface area (Å²) in [6, 6.07) is 1.34. The number of sulfone groups is 1. The lowest BCUT2D eigenvalue weighted by Crippen LogP contribution is -2.44. The average molecular weight is 297 g/mol. The maximum atomic E-state index is 12.5. The third kappa shape index (κ3) is 2.77. The molecule has 7 heteroatoms. The average Bonchev–Trinajstić information content (AvgIpc) is 2.47. The number of nitrogens with zero attached hydrogens (tertiary/aromatic N) is 2. The Kier molecular flexibility index (Phi) is 4.27. The van der Waals surface area contributed by atoms with E-state index in [1.807, 2.05) is 0 Å². The predicted molar refractivity (Wildman–Crippen MR) is 75.7 cm³/mol. The fourth-order valence-corrected chi connectivity index (χ4v) is 3.77. The van der Waals surface area contributed by atoms with Crippen molar-refractivity contribution < 1.29 is 13.2 Å². The smallest absolute Gasteiger partial charge is 0.241 e. The van der Waals surface area contributed by atoms with Gasteiger partial charge >= 0.3 is 0 Å². The fraction of sp³-hybridized carbons (Fsp3) is 0.538. The van der Waals surface area contributed by atoms with Gasteiger partial charge in [0.15, 0.2) is 9.84 Å². The van der Waals surface area contributed by atoms with Crippen molar-refractivity contribution in [3.63, 3.8) is 0 Å². The Hall–Kier alpha value is -1.63. The Balaban J connectivity index is 2.25. The summed E-state index contributed by atoms with van der Waals surface area (Å²) in [7, 11) is -3.77. The molecule has 1 amide bonds. The maximum Gasteiger partial charge on any atom is 0.241 e. The van der Waals surface area contributed by atoms with Gasteiger partial charge in [-0.2, -0.15) is 0 Å². The summed E-state index contributed by atoms with van der Waals surface area (Å²) in [6.45, 7) is 2.68. The number of rotatable bonds is 3. The summed E-state index contributed by atoms with van der Waals surface area (Å²) in [5.74, 6) is -0.346. The Bertz CT molecular complexity index is 595. The highest BCUT2D eigenvalue weighted by Crippen LogP contribution is 2.23. The molecule has 1 atom stereocenters. The molecule has 1 aliphatic heterocycles. The Labute approximate surface area is 118 Å². The highest BCUT2D eigenvalue weighted by molar-refractivity contribution is 7.93. The van der Waals surface area contributed by atoms with Crippen LogP contribution in [0.1, 0.15) is 26.2 Å². The van der Waals surface area contributed by atoms with E-state index in [2.05, 4.69) is 4.98 Å². The van der Waals surface area contributed by atoms with Crippen LogP contribution in [-0.4, -0.2) is 42.5 Å². The summed E-state index contributed by atoms with van der Waals surface area (Å²) in [6.07, 6.45) is 5.58. The number of hydrogen-bond acceptors (Lipinski definition) is 5. The molecule has 0 radical (unpaired) electrons. The number of likely N-dealkylation sites (tertiary alicyclic amines) is 1. The topological polar surface area (TPSA) is 93.4 Å². The van der Waals surface area contributed by atoms with Gasteiger partial charge in [0.05, 0.1) is 16.8 Å². The molecule has 20 heavy (non-hydrogen) atoms. The van der Waals surface area contributed by atoms with Crippen LogP contribution in [0.4, 0.5) is 5.69 Å². The third-order valence-electron chi connectivity index (χ3n) is 3.60. The number of nitrogen functional groups attached to an aromatic ring is 1. The van der Waals surface area contributed by atoms with Gasteiger partial charge in [0.25, 0.3) is 0 Å². The van der Waals surface area contributed by atoms with E-state index in [0.29, 0.717) is 13.1 Å². The van der Waals surface area contributed by atoms with Crippen molar-refractivity contribution in [1.29, 1.82) is 0 Å². The number of carbonyl (C=O) groups is 1. The van der Waals surface area contributed by atoms with E-state index in [1.54, 1.807) is 4.90 Å².